The molecule has 2 aromatic rings. The Morgan fingerprint density at radius 3 is 2.45 bits per heavy atom. The first-order chi connectivity index (χ1) is 14.4. The van der Waals surface area contributed by atoms with Gasteiger partial charge in [0.15, 0.2) is 0 Å². The lowest BCUT2D eigenvalue weighted by Gasteiger charge is -2.26. The van der Waals surface area contributed by atoms with Crippen LogP contribution in [-0.2, 0) is 15.7 Å². The van der Waals surface area contributed by atoms with Crippen molar-refractivity contribution < 1.29 is 32.4 Å². The maximum absolute atomic E-state index is 12.8. The summed E-state index contributed by atoms with van der Waals surface area (Å²) in [6.07, 6.45) is -5.54. The van der Waals surface area contributed by atoms with Crippen LogP contribution in [0.3, 0.4) is 0 Å². The van der Waals surface area contributed by atoms with Gasteiger partial charge in [0.05, 0.1) is 15.5 Å². The van der Waals surface area contributed by atoms with Gasteiger partial charge in [0.25, 0.3) is 0 Å². The second kappa shape index (κ2) is 9.27. The standard InChI is InChI=1S/C18H15ClF3N3O6/c1-30-17(25(28)29,9-15(23)26)16(24-27)10-3-2-4-12(7-10)31-14-6-5-11(8-13(14)19)18(20,21)22/h2-8,16H,9H2,1H3,(H2,23,26). The maximum Gasteiger partial charge on any atom is 0.416 e. The molecule has 0 radical (unpaired) electrons. The van der Waals surface area contributed by atoms with E-state index >= 15 is 0 Å². The van der Waals surface area contributed by atoms with Gasteiger partial charge in [-0.3, -0.25) is 14.9 Å². The molecule has 0 aliphatic carbocycles. The largest absolute Gasteiger partial charge is 0.456 e. The number of hydrogen-bond acceptors (Lipinski definition) is 7. The zero-order valence-corrected chi connectivity index (χ0v) is 16.5. The molecule has 166 valence electrons. The van der Waals surface area contributed by atoms with Crippen LogP contribution in [0.15, 0.2) is 47.6 Å². The van der Waals surface area contributed by atoms with Crippen molar-refractivity contribution in [1.82, 2.24) is 0 Å². The van der Waals surface area contributed by atoms with Crippen LogP contribution < -0.4 is 10.5 Å². The summed E-state index contributed by atoms with van der Waals surface area (Å²) in [7, 11) is 0.923. The summed E-state index contributed by atoms with van der Waals surface area (Å²) in [5, 5.41) is 14.0. The molecule has 0 bridgehead atoms. The van der Waals surface area contributed by atoms with Crippen LogP contribution in [0, 0.1) is 15.0 Å². The number of amides is 1. The molecule has 2 aromatic carbocycles. The first-order valence-corrected chi connectivity index (χ1v) is 8.77. The summed E-state index contributed by atoms with van der Waals surface area (Å²) >= 11 is 5.85. The number of rotatable bonds is 9. The van der Waals surface area contributed by atoms with Gasteiger partial charge in [0.2, 0.25) is 11.9 Å². The normalized spacial score (nSPS) is 14.4. The molecule has 0 saturated carbocycles. The fourth-order valence-electron chi connectivity index (χ4n) is 2.81. The molecule has 0 fully saturated rings. The van der Waals surface area contributed by atoms with Gasteiger partial charge in [-0.2, -0.15) is 13.2 Å². The van der Waals surface area contributed by atoms with Crippen molar-refractivity contribution in [2.45, 2.75) is 24.4 Å². The van der Waals surface area contributed by atoms with Crippen LogP contribution in [0.25, 0.3) is 0 Å². The molecule has 0 spiro atoms. The fraction of sp³-hybridized carbons (Fsp3) is 0.278. The van der Waals surface area contributed by atoms with E-state index in [2.05, 4.69) is 5.18 Å². The number of primary amides is 1. The van der Waals surface area contributed by atoms with Crippen LogP contribution in [-0.4, -0.2) is 23.7 Å². The highest BCUT2D eigenvalue weighted by atomic mass is 35.5. The van der Waals surface area contributed by atoms with E-state index in [1.807, 2.05) is 0 Å². The third-order valence-electron chi connectivity index (χ3n) is 4.28. The van der Waals surface area contributed by atoms with E-state index in [1.54, 1.807) is 0 Å². The van der Waals surface area contributed by atoms with E-state index < -0.39 is 40.8 Å². The molecule has 0 aliphatic rings. The maximum atomic E-state index is 12.8. The lowest BCUT2D eigenvalue weighted by atomic mass is 9.93. The van der Waals surface area contributed by atoms with Crippen molar-refractivity contribution in [2.24, 2.45) is 10.9 Å². The van der Waals surface area contributed by atoms with Gasteiger partial charge in [-0.1, -0.05) is 28.9 Å². The minimum absolute atomic E-state index is 0.0137. The molecule has 13 heteroatoms. The summed E-state index contributed by atoms with van der Waals surface area (Å²) in [5.74, 6) is -1.25. The van der Waals surface area contributed by atoms with E-state index in [-0.39, 0.29) is 22.1 Å². The Morgan fingerprint density at radius 1 is 1.29 bits per heavy atom. The van der Waals surface area contributed by atoms with Crippen molar-refractivity contribution in [1.29, 1.82) is 0 Å². The number of methoxy groups -OCH3 is 1. The summed E-state index contributed by atoms with van der Waals surface area (Å²) in [5.41, 5.74) is 1.46. The molecule has 0 heterocycles. The van der Waals surface area contributed by atoms with Crippen molar-refractivity contribution in [3.63, 3.8) is 0 Å². The highest BCUT2D eigenvalue weighted by Crippen LogP contribution is 2.39. The predicted molar refractivity (Wildman–Crippen MR) is 102 cm³/mol. The van der Waals surface area contributed by atoms with Crippen molar-refractivity contribution >= 4 is 17.5 Å². The number of ether oxygens (including phenoxy) is 2. The fourth-order valence-corrected chi connectivity index (χ4v) is 3.03. The Balaban J connectivity index is 2.43. The molecule has 2 unspecified atom stereocenters. The van der Waals surface area contributed by atoms with Crippen molar-refractivity contribution in [3.8, 4) is 11.5 Å². The topological polar surface area (TPSA) is 134 Å². The van der Waals surface area contributed by atoms with Gasteiger partial charge in [0.1, 0.15) is 17.9 Å². The van der Waals surface area contributed by atoms with E-state index in [0.717, 1.165) is 19.2 Å². The van der Waals surface area contributed by atoms with Gasteiger partial charge in [-0.15, -0.1) is 4.91 Å². The summed E-state index contributed by atoms with van der Waals surface area (Å²) < 4.78 is 48.6. The first kappa shape index (κ1) is 24.0. The van der Waals surface area contributed by atoms with Crippen LogP contribution >= 0.6 is 11.6 Å². The Labute approximate surface area is 178 Å². The Kier molecular flexibility index (Phi) is 7.18. The average molecular weight is 462 g/mol. The number of nitrogens with two attached hydrogens (primary N) is 1. The van der Waals surface area contributed by atoms with Gasteiger partial charge in [0, 0.05) is 7.11 Å². The number of nitroso groups, excluding NO2 is 1. The van der Waals surface area contributed by atoms with E-state index in [0.29, 0.717) is 6.07 Å². The SMILES string of the molecule is COC(CC(N)=O)(C(N=O)c1cccc(Oc2ccc(C(F)(F)F)cc2Cl)c1)[N+](=O)[O-]. The number of alkyl halides is 3. The van der Waals surface area contributed by atoms with Crippen molar-refractivity contribution in [3.05, 3.63) is 73.6 Å². The second-order valence-electron chi connectivity index (χ2n) is 6.27. The smallest absolute Gasteiger partial charge is 0.416 e. The molecule has 9 nitrogen and oxygen atoms in total. The second-order valence-corrected chi connectivity index (χ2v) is 6.68. The molecule has 31 heavy (non-hydrogen) atoms. The molecule has 0 aromatic heterocycles. The average Bonchev–Trinajstić information content (AvgIpc) is 2.68. The van der Waals surface area contributed by atoms with Crippen LogP contribution in [0.4, 0.5) is 13.2 Å². The van der Waals surface area contributed by atoms with Crippen LogP contribution in [0.1, 0.15) is 23.6 Å². The van der Waals surface area contributed by atoms with Crippen LogP contribution in [0.2, 0.25) is 5.02 Å². The molecule has 2 atom stereocenters. The highest BCUT2D eigenvalue weighted by Gasteiger charge is 2.55. The molecule has 2 rings (SSSR count). The first-order valence-electron chi connectivity index (χ1n) is 8.39. The predicted octanol–water partition coefficient (Wildman–Crippen LogP) is 4.45. The minimum atomic E-state index is -4.60. The highest BCUT2D eigenvalue weighted by molar-refractivity contribution is 6.32. The number of halogens is 4. The molecule has 1 amide bonds. The molecule has 2 N–H and O–H groups in total. The Hall–Kier alpha value is -3.25. The number of nitrogens with zero attached hydrogens (tertiary/aromatic N) is 2. The lowest BCUT2D eigenvalue weighted by molar-refractivity contribution is -0.631. The third-order valence-corrected chi connectivity index (χ3v) is 4.58. The molecular formula is C18H15ClF3N3O6. The quantitative estimate of drug-likeness (QED) is 0.253. The minimum Gasteiger partial charge on any atom is -0.456 e. The molecule has 0 saturated heterocycles. The van der Waals surface area contributed by atoms with Crippen LogP contribution in [0.5, 0.6) is 11.5 Å². The Bertz CT molecular complexity index is 1000. The zero-order valence-electron chi connectivity index (χ0n) is 15.8. The van der Waals surface area contributed by atoms with Gasteiger partial charge in [-0.05, 0) is 35.9 Å². The Morgan fingerprint density at radius 2 is 1.97 bits per heavy atom. The number of hydrogen-bond donors (Lipinski definition) is 1. The summed E-state index contributed by atoms with van der Waals surface area (Å²) in [6, 6.07) is 5.83. The van der Waals surface area contributed by atoms with Gasteiger partial charge >= 0.3 is 11.9 Å². The molecule has 0 aliphatic heterocycles. The van der Waals surface area contributed by atoms with Crippen molar-refractivity contribution in [2.75, 3.05) is 7.11 Å². The zero-order chi connectivity index (χ0) is 23.4. The molecular weight excluding hydrogens is 447 g/mol. The van der Waals surface area contributed by atoms with E-state index in [4.69, 9.17) is 26.8 Å². The van der Waals surface area contributed by atoms with Gasteiger partial charge in [-0.25, -0.2) is 0 Å². The number of carbonyl (C=O) groups excluding carboxylic acids is 1. The number of benzene rings is 2. The summed E-state index contributed by atoms with van der Waals surface area (Å²) in [6.45, 7) is 0. The third kappa shape index (κ3) is 5.27. The van der Waals surface area contributed by atoms with Gasteiger partial charge < -0.3 is 15.2 Å². The number of carbonyl (C=O) groups is 1. The lowest BCUT2D eigenvalue weighted by Crippen LogP contribution is -2.48. The summed E-state index contributed by atoms with van der Waals surface area (Å²) in [4.78, 5) is 33.5. The monoisotopic (exact) mass is 461 g/mol. The number of nitro groups is 1. The van der Waals surface area contributed by atoms with E-state index in [9.17, 15) is 33.0 Å². The van der Waals surface area contributed by atoms with E-state index in [1.165, 1.54) is 24.3 Å².